The summed E-state index contributed by atoms with van der Waals surface area (Å²) in [5, 5.41) is 24.4. The van der Waals surface area contributed by atoms with Gasteiger partial charge in [-0.15, -0.1) is 0 Å². The van der Waals surface area contributed by atoms with Crippen LogP contribution in [0.1, 0.15) is 11.1 Å². The van der Waals surface area contributed by atoms with Crippen LogP contribution < -0.4 is 10.6 Å². The van der Waals surface area contributed by atoms with E-state index < -0.39 is 47.0 Å². The number of hydrogen-bond donors (Lipinski definition) is 3. The third-order valence-electron chi connectivity index (χ3n) is 3.89. The van der Waals surface area contributed by atoms with E-state index in [1.165, 1.54) is 6.07 Å². The van der Waals surface area contributed by atoms with Gasteiger partial charge in [0.25, 0.3) is 0 Å². The lowest BCUT2D eigenvalue weighted by Crippen LogP contribution is -2.46. The molecule has 0 spiro atoms. The van der Waals surface area contributed by atoms with Crippen molar-refractivity contribution in [2.75, 3.05) is 6.54 Å². The lowest BCUT2D eigenvalue weighted by atomic mass is 10.0. The Morgan fingerprint density at radius 2 is 1.83 bits per heavy atom. The first kappa shape index (κ1) is 22.3. The van der Waals surface area contributed by atoms with Gasteiger partial charge in [-0.3, -0.25) is 14.9 Å². The van der Waals surface area contributed by atoms with Crippen LogP contribution in [-0.4, -0.2) is 40.6 Å². The minimum Gasteiger partial charge on any atom is -0.480 e. The molecule has 0 aliphatic heterocycles. The molecule has 2 amide bonds. The van der Waals surface area contributed by atoms with Gasteiger partial charge < -0.3 is 20.5 Å². The summed E-state index contributed by atoms with van der Waals surface area (Å²) in [5.74, 6) is -3.27. The minimum atomic E-state index is -1.44. The molecule has 0 saturated carbocycles. The first-order chi connectivity index (χ1) is 14.3. The number of nitro groups is 1. The number of rotatable bonds is 9. The number of ether oxygens (including phenoxy) is 1. The Balaban J connectivity index is 1.86. The number of carboxylic acids is 1. The SMILES string of the molecule is O=C(CNC(=O)OCc1ccccc1)N[C@@H](Cc1ccc(F)c([N+](=O)[O-])c1)C(=O)O. The molecule has 0 aliphatic rings. The molecule has 3 N–H and O–H groups in total. The number of nitro benzene ring substituents is 1. The van der Waals surface area contributed by atoms with Crippen LogP contribution in [0.15, 0.2) is 48.5 Å². The van der Waals surface area contributed by atoms with E-state index in [0.29, 0.717) is 0 Å². The number of nitrogens with one attached hydrogen (secondary N) is 2. The second-order valence-electron chi connectivity index (χ2n) is 6.12. The third-order valence-corrected chi connectivity index (χ3v) is 3.89. The van der Waals surface area contributed by atoms with Gasteiger partial charge in [0.1, 0.15) is 19.2 Å². The summed E-state index contributed by atoms with van der Waals surface area (Å²) < 4.78 is 18.3. The first-order valence-electron chi connectivity index (χ1n) is 8.66. The van der Waals surface area contributed by atoms with E-state index in [2.05, 4.69) is 10.6 Å². The van der Waals surface area contributed by atoms with Crippen LogP contribution in [-0.2, 0) is 27.4 Å². The van der Waals surface area contributed by atoms with Gasteiger partial charge >= 0.3 is 17.7 Å². The van der Waals surface area contributed by atoms with Gasteiger partial charge in [0.2, 0.25) is 11.7 Å². The summed E-state index contributed by atoms with van der Waals surface area (Å²) in [6.07, 6.45) is -1.18. The van der Waals surface area contributed by atoms with Crippen molar-refractivity contribution in [2.24, 2.45) is 0 Å². The summed E-state index contributed by atoms with van der Waals surface area (Å²) in [4.78, 5) is 44.8. The number of aliphatic carboxylic acids is 1. The average Bonchev–Trinajstić information content (AvgIpc) is 2.72. The van der Waals surface area contributed by atoms with Crippen LogP contribution in [0.5, 0.6) is 0 Å². The fourth-order valence-electron chi connectivity index (χ4n) is 2.43. The Bertz CT molecular complexity index is 937. The Morgan fingerprint density at radius 3 is 2.47 bits per heavy atom. The number of benzene rings is 2. The topological polar surface area (TPSA) is 148 Å². The molecule has 11 heteroatoms. The van der Waals surface area contributed by atoms with Gasteiger partial charge in [-0.1, -0.05) is 36.4 Å². The van der Waals surface area contributed by atoms with Crippen molar-refractivity contribution in [1.82, 2.24) is 10.6 Å². The highest BCUT2D eigenvalue weighted by Gasteiger charge is 2.23. The quantitative estimate of drug-likeness (QED) is 0.414. The summed E-state index contributed by atoms with van der Waals surface area (Å²) in [6, 6.07) is 10.3. The number of hydrogen-bond acceptors (Lipinski definition) is 6. The fraction of sp³-hybridized carbons (Fsp3) is 0.211. The molecule has 2 aromatic carbocycles. The second kappa shape index (κ2) is 10.5. The molecular formula is C19H18FN3O7. The van der Waals surface area contributed by atoms with E-state index in [-0.39, 0.29) is 18.6 Å². The highest BCUT2D eigenvalue weighted by molar-refractivity contribution is 5.86. The summed E-state index contributed by atoms with van der Waals surface area (Å²) in [5.41, 5.74) is 0.0910. The standard InChI is InChI=1S/C19H18FN3O7/c20-14-7-6-13(9-16(14)23(28)29)8-15(18(25)26)22-17(24)10-21-19(27)30-11-12-4-2-1-3-5-12/h1-7,9,15H,8,10-11H2,(H,21,27)(H,22,24)(H,25,26)/t15-/m0/s1. The van der Waals surface area contributed by atoms with Gasteiger partial charge in [-0.25, -0.2) is 9.59 Å². The van der Waals surface area contributed by atoms with Gasteiger partial charge in [-0.05, 0) is 17.2 Å². The number of carbonyl (C=O) groups excluding carboxylic acids is 2. The van der Waals surface area contributed by atoms with Crippen LogP contribution in [0.4, 0.5) is 14.9 Å². The molecule has 2 rings (SSSR count). The van der Waals surface area contributed by atoms with Gasteiger partial charge in [0, 0.05) is 12.5 Å². The highest BCUT2D eigenvalue weighted by Crippen LogP contribution is 2.19. The number of carbonyl (C=O) groups is 3. The van der Waals surface area contributed by atoms with Gasteiger partial charge in [0.05, 0.1) is 4.92 Å². The zero-order valence-corrected chi connectivity index (χ0v) is 15.5. The molecule has 1 atom stereocenters. The van der Waals surface area contributed by atoms with E-state index in [1.807, 2.05) is 0 Å². The molecule has 0 bridgehead atoms. The zero-order chi connectivity index (χ0) is 22.1. The van der Waals surface area contributed by atoms with Crippen molar-refractivity contribution in [2.45, 2.75) is 19.1 Å². The highest BCUT2D eigenvalue weighted by atomic mass is 19.1. The summed E-state index contributed by atoms with van der Waals surface area (Å²) >= 11 is 0. The lowest BCUT2D eigenvalue weighted by Gasteiger charge is -2.15. The number of amides is 2. The van der Waals surface area contributed by atoms with Crippen molar-refractivity contribution in [3.05, 3.63) is 75.6 Å². The lowest BCUT2D eigenvalue weighted by molar-refractivity contribution is -0.387. The first-order valence-corrected chi connectivity index (χ1v) is 8.66. The third kappa shape index (κ3) is 6.86. The van der Waals surface area contributed by atoms with Crippen LogP contribution >= 0.6 is 0 Å². The number of nitrogens with zero attached hydrogens (tertiary/aromatic N) is 1. The van der Waals surface area contributed by atoms with Crippen LogP contribution in [0.25, 0.3) is 0 Å². The molecule has 10 nitrogen and oxygen atoms in total. The predicted octanol–water partition coefficient (Wildman–Crippen LogP) is 1.77. The normalized spacial score (nSPS) is 11.2. The van der Waals surface area contributed by atoms with E-state index in [1.54, 1.807) is 30.3 Å². The number of carboxylic acid groups (broad SMARTS) is 1. The Morgan fingerprint density at radius 1 is 1.13 bits per heavy atom. The molecule has 0 heterocycles. The maximum atomic E-state index is 13.4. The molecule has 30 heavy (non-hydrogen) atoms. The maximum absolute atomic E-state index is 13.4. The second-order valence-corrected chi connectivity index (χ2v) is 6.12. The van der Waals surface area contributed by atoms with Crippen LogP contribution in [0.2, 0.25) is 0 Å². The Hall–Kier alpha value is -4.02. The monoisotopic (exact) mass is 419 g/mol. The van der Waals surface area contributed by atoms with Crippen molar-refractivity contribution in [3.8, 4) is 0 Å². The van der Waals surface area contributed by atoms with Crippen LogP contribution in [0, 0.1) is 15.9 Å². The van der Waals surface area contributed by atoms with Crippen molar-refractivity contribution in [1.29, 1.82) is 0 Å². The molecule has 0 fully saturated rings. The van der Waals surface area contributed by atoms with Gasteiger partial charge in [0.15, 0.2) is 0 Å². The zero-order valence-electron chi connectivity index (χ0n) is 15.5. The van der Waals surface area contributed by atoms with E-state index in [0.717, 1.165) is 17.7 Å². The molecule has 0 aliphatic carbocycles. The molecular weight excluding hydrogens is 401 g/mol. The average molecular weight is 419 g/mol. The van der Waals surface area contributed by atoms with Crippen molar-refractivity contribution >= 4 is 23.7 Å². The van der Waals surface area contributed by atoms with Crippen LogP contribution in [0.3, 0.4) is 0 Å². The predicted molar refractivity (Wildman–Crippen MR) is 101 cm³/mol. The number of alkyl carbamates (subject to hydrolysis) is 1. The largest absolute Gasteiger partial charge is 0.480 e. The summed E-state index contributed by atoms with van der Waals surface area (Å²) in [7, 11) is 0. The van der Waals surface area contributed by atoms with Crippen molar-refractivity contribution < 1.29 is 33.5 Å². The Labute approximate surface area is 169 Å². The minimum absolute atomic E-state index is 0.00457. The van der Waals surface area contributed by atoms with E-state index in [9.17, 15) is 34.0 Å². The fourth-order valence-corrected chi connectivity index (χ4v) is 2.43. The number of halogens is 1. The molecule has 2 aromatic rings. The van der Waals surface area contributed by atoms with Crippen molar-refractivity contribution in [3.63, 3.8) is 0 Å². The summed E-state index contributed by atoms with van der Waals surface area (Å²) in [6.45, 7) is -0.545. The van der Waals surface area contributed by atoms with E-state index in [4.69, 9.17) is 4.74 Å². The molecule has 158 valence electrons. The smallest absolute Gasteiger partial charge is 0.407 e. The Kier molecular flexibility index (Phi) is 7.80. The molecule has 0 unspecified atom stereocenters. The van der Waals surface area contributed by atoms with E-state index >= 15 is 0 Å². The molecule has 0 saturated heterocycles. The molecule has 0 aromatic heterocycles. The molecule has 0 radical (unpaired) electrons. The van der Waals surface area contributed by atoms with Gasteiger partial charge in [-0.2, -0.15) is 4.39 Å². The maximum Gasteiger partial charge on any atom is 0.407 e.